The summed E-state index contributed by atoms with van der Waals surface area (Å²) in [5, 5.41) is 9.82. The maximum absolute atomic E-state index is 11.5. The molecule has 1 heterocycles. The van der Waals surface area contributed by atoms with Crippen LogP contribution in [0.1, 0.15) is 38.2 Å². The van der Waals surface area contributed by atoms with Crippen molar-refractivity contribution in [3.63, 3.8) is 0 Å². The Balaban J connectivity index is 1.48. The van der Waals surface area contributed by atoms with Gasteiger partial charge in [0.2, 0.25) is 5.91 Å². The number of rotatable bonds is 4. The molecule has 1 saturated carbocycles. The first-order chi connectivity index (χ1) is 12.6. The van der Waals surface area contributed by atoms with E-state index in [1.165, 1.54) is 31.2 Å². The van der Waals surface area contributed by atoms with Gasteiger partial charge in [-0.25, -0.2) is 0 Å². The summed E-state index contributed by atoms with van der Waals surface area (Å²) in [6.07, 6.45) is 5.04. The van der Waals surface area contributed by atoms with E-state index in [1.807, 2.05) is 7.05 Å². The molecule has 0 spiro atoms. The minimum absolute atomic E-state index is 0.0916. The first-order valence-electron chi connectivity index (χ1n) is 9.72. The van der Waals surface area contributed by atoms with Gasteiger partial charge in [-0.15, -0.1) is 0 Å². The number of hydrogen-bond acceptors (Lipinski definition) is 3. The number of benzene rings is 1. The quantitative estimate of drug-likeness (QED) is 0.568. The van der Waals surface area contributed by atoms with Crippen molar-refractivity contribution in [3.05, 3.63) is 29.8 Å². The number of hydrogen-bond donors (Lipinski definition) is 3. The lowest BCUT2D eigenvalue weighted by atomic mass is 9.87. The van der Waals surface area contributed by atoms with E-state index in [4.69, 9.17) is 0 Å². The average Bonchev–Trinajstić information content (AvgIpc) is 2.67. The number of nitrogens with zero attached hydrogens (tertiary/aromatic N) is 2. The molecule has 1 aromatic rings. The molecular formula is C20H31N5O. The lowest BCUT2D eigenvalue weighted by Gasteiger charge is -2.29. The van der Waals surface area contributed by atoms with E-state index in [0.717, 1.165) is 30.7 Å². The Morgan fingerprint density at radius 2 is 1.96 bits per heavy atom. The Labute approximate surface area is 156 Å². The van der Waals surface area contributed by atoms with Crippen LogP contribution in [0.2, 0.25) is 0 Å². The Morgan fingerprint density at radius 1 is 1.23 bits per heavy atom. The lowest BCUT2D eigenvalue weighted by molar-refractivity contribution is -0.120. The van der Waals surface area contributed by atoms with Crippen LogP contribution in [0.3, 0.4) is 0 Å². The molecule has 6 nitrogen and oxygen atoms in total. The number of guanidine groups is 1. The minimum atomic E-state index is 0.0916. The molecular weight excluding hydrogens is 326 g/mol. The third-order valence-corrected chi connectivity index (χ3v) is 5.38. The molecule has 0 bridgehead atoms. The van der Waals surface area contributed by atoms with E-state index in [2.05, 4.69) is 57.0 Å². The number of carbonyl (C=O) groups is 1. The van der Waals surface area contributed by atoms with Gasteiger partial charge in [-0.2, -0.15) is 0 Å². The van der Waals surface area contributed by atoms with Crippen molar-refractivity contribution in [2.45, 2.75) is 45.2 Å². The monoisotopic (exact) mass is 357 g/mol. The van der Waals surface area contributed by atoms with E-state index in [9.17, 15) is 4.79 Å². The van der Waals surface area contributed by atoms with Crippen molar-refractivity contribution in [2.24, 2.45) is 10.9 Å². The highest BCUT2D eigenvalue weighted by atomic mass is 16.2. The molecule has 0 radical (unpaired) electrons. The zero-order valence-corrected chi connectivity index (χ0v) is 15.9. The molecule has 0 aromatic heterocycles. The van der Waals surface area contributed by atoms with Crippen LogP contribution >= 0.6 is 0 Å². The molecule has 142 valence electrons. The number of piperazine rings is 1. The van der Waals surface area contributed by atoms with Crippen molar-refractivity contribution in [1.82, 2.24) is 16.0 Å². The van der Waals surface area contributed by atoms with Crippen molar-refractivity contribution < 1.29 is 4.79 Å². The molecule has 2 aliphatic rings. The molecule has 1 aromatic carbocycles. The van der Waals surface area contributed by atoms with Gasteiger partial charge in [0.1, 0.15) is 0 Å². The maximum Gasteiger partial charge on any atom is 0.239 e. The zero-order chi connectivity index (χ0) is 18.4. The molecule has 3 rings (SSSR count). The van der Waals surface area contributed by atoms with Crippen molar-refractivity contribution in [3.8, 4) is 0 Å². The minimum Gasteiger partial charge on any atom is -0.360 e. The summed E-state index contributed by atoms with van der Waals surface area (Å²) in [6.45, 7) is 5.09. The molecule has 3 N–H and O–H groups in total. The topological polar surface area (TPSA) is 68.8 Å². The van der Waals surface area contributed by atoms with Crippen molar-refractivity contribution in [2.75, 3.05) is 31.6 Å². The fourth-order valence-corrected chi connectivity index (χ4v) is 3.66. The van der Waals surface area contributed by atoms with Crippen LogP contribution < -0.4 is 20.9 Å². The summed E-state index contributed by atoms with van der Waals surface area (Å²) in [7, 11) is 1.82. The van der Waals surface area contributed by atoms with Gasteiger partial charge in [-0.05, 0) is 49.3 Å². The second kappa shape index (κ2) is 8.92. The van der Waals surface area contributed by atoms with E-state index in [1.54, 1.807) is 0 Å². The van der Waals surface area contributed by atoms with E-state index < -0.39 is 0 Å². The summed E-state index contributed by atoms with van der Waals surface area (Å²) < 4.78 is 0. The SMILES string of the molecule is CN=C(NCc1ccc(N2CCNC(=O)C2)cc1)NC1CCC(C)CC1. The van der Waals surface area contributed by atoms with Crippen LogP contribution in [-0.4, -0.2) is 44.6 Å². The molecule has 2 fully saturated rings. The third kappa shape index (κ3) is 5.13. The highest BCUT2D eigenvalue weighted by molar-refractivity contribution is 5.82. The third-order valence-electron chi connectivity index (χ3n) is 5.38. The summed E-state index contributed by atoms with van der Waals surface area (Å²) in [5.74, 6) is 1.82. The normalized spacial score (nSPS) is 24.2. The number of nitrogens with one attached hydrogen (secondary N) is 3. The van der Waals surface area contributed by atoms with Gasteiger partial charge < -0.3 is 20.9 Å². The molecule has 1 saturated heterocycles. The Bertz CT molecular complexity index is 620. The number of carbonyl (C=O) groups excluding carboxylic acids is 1. The summed E-state index contributed by atoms with van der Waals surface area (Å²) >= 11 is 0. The molecule has 6 heteroatoms. The van der Waals surface area contributed by atoms with E-state index in [0.29, 0.717) is 19.1 Å². The highest BCUT2D eigenvalue weighted by Gasteiger charge is 2.19. The second-order valence-corrected chi connectivity index (χ2v) is 7.46. The first kappa shape index (κ1) is 18.5. The summed E-state index contributed by atoms with van der Waals surface area (Å²) in [5.41, 5.74) is 2.30. The van der Waals surface area contributed by atoms with Crippen LogP contribution in [0.5, 0.6) is 0 Å². The Kier molecular flexibility index (Phi) is 6.36. The van der Waals surface area contributed by atoms with E-state index >= 15 is 0 Å². The van der Waals surface area contributed by atoms with Gasteiger partial charge >= 0.3 is 0 Å². The van der Waals surface area contributed by atoms with Gasteiger partial charge in [0.05, 0.1) is 6.54 Å². The van der Waals surface area contributed by atoms with Crippen LogP contribution in [0.15, 0.2) is 29.3 Å². The average molecular weight is 358 g/mol. The van der Waals surface area contributed by atoms with Gasteiger partial charge in [0.25, 0.3) is 0 Å². The fraction of sp³-hybridized carbons (Fsp3) is 0.600. The molecule has 1 aliphatic heterocycles. The first-order valence-corrected chi connectivity index (χ1v) is 9.72. The molecule has 1 aliphatic carbocycles. The van der Waals surface area contributed by atoms with Crippen LogP contribution in [0.4, 0.5) is 5.69 Å². The molecule has 0 unspecified atom stereocenters. The highest BCUT2D eigenvalue weighted by Crippen LogP contribution is 2.23. The van der Waals surface area contributed by atoms with Crippen LogP contribution in [0.25, 0.3) is 0 Å². The van der Waals surface area contributed by atoms with Crippen molar-refractivity contribution in [1.29, 1.82) is 0 Å². The van der Waals surface area contributed by atoms with Gasteiger partial charge in [0.15, 0.2) is 5.96 Å². The summed E-state index contributed by atoms with van der Waals surface area (Å²) in [4.78, 5) is 18.0. The number of anilines is 1. The lowest BCUT2D eigenvalue weighted by Crippen LogP contribution is -2.47. The maximum atomic E-state index is 11.5. The largest absolute Gasteiger partial charge is 0.360 e. The fourth-order valence-electron chi connectivity index (χ4n) is 3.66. The van der Waals surface area contributed by atoms with Crippen molar-refractivity contribution >= 4 is 17.6 Å². The van der Waals surface area contributed by atoms with Gasteiger partial charge in [-0.1, -0.05) is 19.1 Å². The smallest absolute Gasteiger partial charge is 0.239 e. The van der Waals surface area contributed by atoms with Crippen LogP contribution in [-0.2, 0) is 11.3 Å². The predicted octanol–water partition coefficient (Wildman–Crippen LogP) is 1.87. The predicted molar refractivity (Wildman–Crippen MR) is 106 cm³/mol. The standard InChI is InChI=1S/C20H31N5O/c1-15-3-7-17(8-4-15)24-20(21-2)23-13-16-5-9-18(10-6-16)25-12-11-22-19(26)14-25/h5-6,9-10,15,17H,3-4,7-8,11-14H2,1-2H3,(H,22,26)(H2,21,23,24). The Hall–Kier alpha value is -2.24. The van der Waals surface area contributed by atoms with E-state index in [-0.39, 0.29) is 5.91 Å². The molecule has 0 atom stereocenters. The summed E-state index contributed by atoms with van der Waals surface area (Å²) in [6, 6.07) is 8.95. The second-order valence-electron chi connectivity index (χ2n) is 7.46. The Morgan fingerprint density at radius 3 is 2.62 bits per heavy atom. The van der Waals surface area contributed by atoms with Crippen LogP contribution in [0, 0.1) is 5.92 Å². The zero-order valence-electron chi connectivity index (χ0n) is 15.9. The molecule has 26 heavy (non-hydrogen) atoms. The van der Waals surface area contributed by atoms with Gasteiger partial charge in [-0.3, -0.25) is 9.79 Å². The molecule has 1 amide bonds. The number of aliphatic imine (C=N–C) groups is 1. The van der Waals surface area contributed by atoms with Gasteiger partial charge in [0, 0.05) is 38.4 Å². The number of amides is 1.